The Kier molecular flexibility index (Phi) is 4.95. The van der Waals surface area contributed by atoms with E-state index >= 15 is 0 Å². The van der Waals surface area contributed by atoms with E-state index in [0.717, 1.165) is 16.8 Å². The number of nitrogens with zero attached hydrogens (tertiary/aromatic N) is 1. The fourth-order valence-corrected chi connectivity index (χ4v) is 1.85. The van der Waals surface area contributed by atoms with Gasteiger partial charge < -0.3 is 4.74 Å². The van der Waals surface area contributed by atoms with Crippen LogP contribution in [0.3, 0.4) is 0 Å². The summed E-state index contributed by atoms with van der Waals surface area (Å²) < 4.78 is 4.64. The predicted molar refractivity (Wildman–Crippen MR) is 85.2 cm³/mol. The van der Waals surface area contributed by atoms with Crippen LogP contribution in [0.5, 0.6) is 0 Å². The average Bonchev–Trinajstić information content (AvgIpc) is 2.51. The minimum Gasteiger partial charge on any atom is -0.465 e. The number of hydrogen-bond acceptors (Lipinski definition) is 4. The number of benzene rings is 2. The highest BCUT2D eigenvalue weighted by Gasteiger charge is 2.03. The molecule has 0 amide bonds. The van der Waals surface area contributed by atoms with Crippen molar-refractivity contribution in [2.24, 2.45) is 5.10 Å². The maximum absolute atomic E-state index is 11.3. The van der Waals surface area contributed by atoms with Gasteiger partial charge in [0.25, 0.3) is 0 Å². The summed E-state index contributed by atoms with van der Waals surface area (Å²) in [5.41, 5.74) is 6.11. The summed E-state index contributed by atoms with van der Waals surface area (Å²) in [5.74, 6) is -0.356. The molecule has 0 fully saturated rings. The van der Waals surface area contributed by atoms with Crippen LogP contribution in [0.2, 0.25) is 5.02 Å². The van der Waals surface area contributed by atoms with Crippen LogP contribution in [0.4, 0.5) is 5.69 Å². The third kappa shape index (κ3) is 4.07. The van der Waals surface area contributed by atoms with Gasteiger partial charge in [0.05, 0.1) is 24.6 Å². The molecule has 0 aliphatic carbocycles. The van der Waals surface area contributed by atoms with Gasteiger partial charge in [0.15, 0.2) is 0 Å². The Bertz CT molecular complexity index is 666. The van der Waals surface area contributed by atoms with Gasteiger partial charge in [-0.25, -0.2) is 4.79 Å². The van der Waals surface area contributed by atoms with Gasteiger partial charge in [-0.1, -0.05) is 29.8 Å². The van der Waals surface area contributed by atoms with E-state index in [0.29, 0.717) is 10.6 Å². The van der Waals surface area contributed by atoms with Crippen molar-refractivity contribution in [3.63, 3.8) is 0 Å². The van der Waals surface area contributed by atoms with Gasteiger partial charge in [0.1, 0.15) is 0 Å². The van der Waals surface area contributed by atoms with E-state index in [2.05, 4.69) is 15.3 Å². The van der Waals surface area contributed by atoms with Gasteiger partial charge in [-0.15, -0.1) is 0 Å². The van der Waals surface area contributed by atoms with Crippen molar-refractivity contribution >= 4 is 29.5 Å². The van der Waals surface area contributed by atoms with E-state index in [9.17, 15) is 4.79 Å². The largest absolute Gasteiger partial charge is 0.465 e. The maximum Gasteiger partial charge on any atom is 0.337 e. The molecule has 5 heteroatoms. The van der Waals surface area contributed by atoms with Crippen molar-refractivity contribution in [2.75, 3.05) is 12.5 Å². The molecular weight excluding hydrogens is 288 g/mol. The second-order valence-corrected chi connectivity index (χ2v) is 4.85. The smallest absolute Gasteiger partial charge is 0.337 e. The van der Waals surface area contributed by atoms with Crippen LogP contribution < -0.4 is 5.43 Å². The van der Waals surface area contributed by atoms with Crippen LogP contribution in [-0.4, -0.2) is 19.3 Å². The first-order chi connectivity index (χ1) is 10.1. The van der Waals surface area contributed by atoms with E-state index in [1.165, 1.54) is 7.11 Å². The van der Waals surface area contributed by atoms with E-state index in [-0.39, 0.29) is 5.97 Å². The van der Waals surface area contributed by atoms with Gasteiger partial charge in [-0.3, -0.25) is 5.43 Å². The van der Waals surface area contributed by atoms with Crippen LogP contribution >= 0.6 is 11.6 Å². The Hall–Kier alpha value is -2.33. The molecule has 0 heterocycles. The molecule has 108 valence electrons. The molecule has 0 atom stereocenters. The van der Waals surface area contributed by atoms with Crippen molar-refractivity contribution in [1.82, 2.24) is 0 Å². The molecule has 21 heavy (non-hydrogen) atoms. The summed E-state index contributed by atoms with van der Waals surface area (Å²) in [6, 6.07) is 12.6. The van der Waals surface area contributed by atoms with E-state index < -0.39 is 0 Å². The van der Waals surface area contributed by atoms with Gasteiger partial charge in [-0.2, -0.15) is 5.10 Å². The number of anilines is 1. The lowest BCUT2D eigenvalue weighted by molar-refractivity contribution is 0.0601. The summed E-state index contributed by atoms with van der Waals surface area (Å²) >= 11 is 6.03. The Balaban J connectivity index is 2.01. The molecule has 0 bridgehead atoms. The van der Waals surface area contributed by atoms with Gasteiger partial charge in [0.2, 0.25) is 0 Å². The summed E-state index contributed by atoms with van der Waals surface area (Å²) in [6.45, 7) is 1.94. The molecule has 0 aliphatic heterocycles. The highest BCUT2D eigenvalue weighted by Crippen LogP contribution is 2.19. The predicted octanol–water partition coefficient (Wildman–Crippen LogP) is 3.88. The minimum atomic E-state index is -0.356. The zero-order valence-corrected chi connectivity index (χ0v) is 12.5. The highest BCUT2D eigenvalue weighted by atomic mass is 35.5. The van der Waals surface area contributed by atoms with Crippen LogP contribution in [0, 0.1) is 6.92 Å². The molecule has 2 aromatic rings. The maximum atomic E-state index is 11.3. The molecule has 0 aromatic heterocycles. The van der Waals surface area contributed by atoms with E-state index in [1.807, 2.05) is 25.1 Å². The molecule has 2 aromatic carbocycles. The van der Waals surface area contributed by atoms with Crippen molar-refractivity contribution < 1.29 is 9.53 Å². The Morgan fingerprint density at radius 1 is 1.24 bits per heavy atom. The fourth-order valence-electron chi connectivity index (χ4n) is 1.67. The van der Waals surface area contributed by atoms with Crippen molar-refractivity contribution in [1.29, 1.82) is 0 Å². The number of hydrazone groups is 1. The third-order valence-electron chi connectivity index (χ3n) is 2.91. The number of carbonyl (C=O) groups is 1. The van der Waals surface area contributed by atoms with E-state index in [4.69, 9.17) is 11.6 Å². The number of halogens is 1. The molecule has 4 nitrogen and oxygen atoms in total. The zero-order chi connectivity index (χ0) is 15.2. The zero-order valence-electron chi connectivity index (χ0n) is 11.8. The number of aryl methyl sites for hydroxylation is 1. The SMILES string of the molecule is COC(=O)c1ccc(/C=N\Nc2ccc(C)c(Cl)c2)cc1. The lowest BCUT2D eigenvalue weighted by Crippen LogP contribution is -2.00. The fraction of sp³-hybridized carbons (Fsp3) is 0.125. The summed E-state index contributed by atoms with van der Waals surface area (Å²) in [5, 5.41) is 4.82. The summed E-state index contributed by atoms with van der Waals surface area (Å²) in [7, 11) is 1.36. The first kappa shape index (κ1) is 15.1. The number of esters is 1. The quantitative estimate of drug-likeness (QED) is 0.530. The standard InChI is InChI=1S/C16H15ClN2O2/c1-11-3-8-14(9-15(11)17)19-18-10-12-4-6-13(7-5-12)16(20)21-2/h3-10,19H,1-2H3/b18-10-. The minimum absolute atomic E-state index is 0.356. The molecule has 0 saturated carbocycles. The molecule has 2 rings (SSSR count). The van der Waals surface area contributed by atoms with Crippen LogP contribution in [0.1, 0.15) is 21.5 Å². The Morgan fingerprint density at radius 3 is 2.57 bits per heavy atom. The number of rotatable bonds is 4. The first-order valence-corrected chi connectivity index (χ1v) is 6.71. The van der Waals surface area contributed by atoms with Crippen LogP contribution in [0.15, 0.2) is 47.6 Å². The first-order valence-electron chi connectivity index (χ1n) is 6.34. The number of ether oxygens (including phenoxy) is 1. The topological polar surface area (TPSA) is 50.7 Å². The molecule has 0 saturated heterocycles. The second-order valence-electron chi connectivity index (χ2n) is 4.45. The number of nitrogens with one attached hydrogen (secondary N) is 1. The molecule has 0 radical (unpaired) electrons. The van der Waals surface area contributed by atoms with Crippen LogP contribution in [0.25, 0.3) is 0 Å². The van der Waals surface area contributed by atoms with Crippen molar-refractivity contribution in [3.8, 4) is 0 Å². The van der Waals surface area contributed by atoms with Gasteiger partial charge in [0, 0.05) is 5.02 Å². The molecular formula is C16H15ClN2O2. The normalized spacial score (nSPS) is 10.6. The number of hydrogen-bond donors (Lipinski definition) is 1. The second kappa shape index (κ2) is 6.90. The van der Waals surface area contributed by atoms with Gasteiger partial charge >= 0.3 is 5.97 Å². The molecule has 1 N–H and O–H groups in total. The number of methoxy groups -OCH3 is 1. The Labute approximate surface area is 128 Å². The monoisotopic (exact) mass is 302 g/mol. The summed E-state index contributed by atoms with van der Waals surface area (Å²) in [6.07, 6.45) is 1.66. The lowest BCUT2D eigenvalue weighted by Gasteiger charge is -2.03. The molecule has 0 aliphatic rings. The highest BCUT2D eigenvalue weighted by molar-refractivity contribution is 6.31. The van der Waals surface area contributed by atoms with Crippen molar-refractivity contribution in [2.45, 2.75) is 6.92 Å². The average molecular weight is 303 g/mol. The molecule has 0 unspecified atom stereocenters. The van der Waals surface area contributed by atoms with Crippen molar-refractivity contribution in [3.05, 3.63) is 64.2 Å². The van der Waals surface area contributed by atoms with E-state index in [1.54, 1.807) is 30.5 Å². The Morgan fingerprint density at radius 2 is 1.95 bits per heavy atom. The lowest BCUT2D eigenvalue weighted by atomic mass is 10.1. The molecule has 0 spiro atoms. The summed E-state index contributed by atoms with van der Waals surface area (Å²) in [4.78, 5) is 11.3. The van der Waals surface area contributed by atoms with Crippen LogP contribution in [-0.2, 0) is 4.74 Å². The third-order valence-corrected chi connectivity index (χ3v) is 3.32. The number of carbonyl (C=O) groups excluding carboxylic acids is 1. The van der Waals surface area contributed by atoms with Gasteiger partial charge in [-0.05, 0) is 42.3 Å².